The molecule has 1 aliphatic heterocycles. The summed E-state index contributed by atoms with van der Waals surface area (Å²) in [4.78, 5) is 27.5. The highest BCUT2D eigenvalue weighted by atomic mass is 32.2. The van der Waals surface area contributed by atoms with Crippen LogP contribution in [0.1, 0.15) is 18.9 Å². The first-order valence-corrected chi connectivity index (χ1v) is 13.7. The van der Waals surface area contributed by atoms with Crippen molar-refractivity contribution < 1.29 is 32.2 Å². The van der Waals surface area contributed by atoms with Crippen molar-refractivity contribution in [1.29, 1.82) is 0 Å². The molecule has 10 nitrogen and oxygen atoms in total. The first-order valence-electron chi connectivity index (χ1n) is 12.2. The third-order valence-electron chi connectivity index (χ3n) is 5.98. The number of hydrogen-bond donors (Lipinski definition) is 1. The van der Waals surface area contributed by atoms with Crippen LogP contribution in [0.2, 0.25) is 0 Å². The number of nitrogens with one attached hydrogen (secondary N) is 1. The van der Waals surface area contributed by atoms with Gasteiger partial charge in [-0.05, 0) is 43.2 Å². The Morgan fingerprint density at radius 2 is 1.76 bits per heavy atom. The molecule has 1 fully saturated rings. The average Bonchev–Trinajstić information content (AvgIpc) is 2.93. The first-order chi connectivity index (χ1) is 17.8. The Balaban J connectivity index is 1.64. The van der Waals surface area contributed by atoms with Gasteiger partial charge in [0.05, 0.1) is 18.1 Å². The van der Waals surface area contributed by atoms with Crippen molar-refractivity contribution in [2.24, 2.45) is 0 Å². The molecule has 1 N–H and O–H groups in total. The van der Waals surface area contributed by atoms with Gasteiger partial charge in [-0.15, -0.1) is 0 Å². The summed E-state index contributed by atoms with van der Waals surface area (Å²) in [5.74, 6) is -0.280. The Kier molecular flexibility index (Phi) is 10.9. The van der Waals surface area contributed by atoms with Crippen LogP contribution >= 0.6 is 0 Å². The second-order valence-corrected chi connectivity index (χ2v) is 10.5. The van der Waals surface area contributed by atoms with Crippen LogP contribution in [-0.2, 0) is 35.6 Å². The molecule has 11 heteroatoms. The van der Waals surface area contributed by atoms with Crippen LogP contribution in [0.5, 0.6) is 5.75 Å². The summed E-state index contributed by atoms with van der Waals surface area (Å²) in [6.07, 6.45) is 0.669. The minimum atomic E-state index is -3.62. The van der Waals surface area contributed by atoms with E-state index in [0.717, 1.165) is 5.56 Å². The molecule has 1 unspecified atom stereocenters. The summed E-state index contributed by atoms with van der Waals surface area (Å²) < 4.78 is 42.9. The molecular formula is C26H35N3O7S. The van der Waals surface area contributed by atoms with Gasteiger partial charge < -0.3 is 24.4 Å². The zero-order valence-electron chi connectivity index (χ0n) is 21.3. The van der Waals surface area contributed by atoms with Crippen molar-refractivity contribution in [3.63, 3.8) is 0 Å². The van der Waals surface area contributed by atoms with Gasteiger partial charge in [0.2, 0.25) is 15.9 Å². The highest BCUT2D eigenvalue weighted by molar-refractivity contribution is 7.89. The minimum Gasteiger partial charge on any atom is -0.484 e. The fourth-order valence-corrected chi connectivity index (χ4v) is 5.22. The van der Waals surface area contributed by atoms with Crippen molar-refractivity contribution in [2.75, 3.05) is 53.2 Å². The smallest absolute Gasteiger partial charge is 0.261 e. The molecule has 0 aliphatic carbocycles. The van der Waals surface area contributed by atoms with Crippen LogP contribution in [0.3, 0.4) is 0 Å². The first kappa shape index (κ1) is 28.6. The van der Waals surface area contributed by atoms with Gasteiger partial charge in [-0.25, -0.2) is 8.42 Å². The normalized spacial score (nSPS) is 15.1. The van der Waals surface area contributed by atoms with E-state index < -0.39 is 16.1 Å². The van der Waals surface area contributed by atoms with Gasteiger partial charge in [0.15, 0.2) is 6.61 Å². The molecule has 2 aromatic carbocycles. The van der Waals surface area contributed by atoms with Crippen LogP contribution < -0.4 is 10.1 Å². The molecule has 1 heterocycles. The standard InChI is InChI=1S/C26H35N3O7S/c1-21(26(31)27-13-6-16-34-2)29(19-22-7-4-3-5-8-22)25(30)20-36-23-9-11-24(12-10-23)37(32,33)28-14-17-35-18-15-28/h3-5,7-12,21H,6,13-20H2,1-2H3,(H,27,31). The van der Waals surface area contributed by atoms with Gasteiger partial charge in [-0.3, -0.25) is 9.59 Å². The van der Waals surface area contributed by atoms with E-state index in [9.17, 15) is 18.0 Å². The molecular weight excluding hydrogens is 498 g/mol. The number of amides is 2. The molecule has 0 bridgehead atoms. The zero-order chi connectivity index (χ0) is 26.7. The molecule has 1 aliphatic rings. The van der Waals surface area contributed by atoms with Gasteiger partial charge in [0.1, 0.15) is 11.8 Å². The average molecular weight is 534 g/mol. The van der Waals surface area contributed by atoms with Crippen LogP contribution in [0.25, 0.3) is 0 Å². The van der Waals surface area contributed by atoms with Crippen molar-refractivity contribution in [3.05, 3.63) is 60.2 Å². The number of methoxy groups -OCH3 is 1. The van der Waals surface area contributed by atoms with E-state index in [1.807, 2.05) is 30.3 Å². The van der Waals surface area contributed by atoms with E-state index in [2.05, 4.69) is 5.32 Å². The molecule has 2 amide bonds. The van der Waals surface area contributed by atoms with Gasteiger partial charge in [0.25, 0.3) is 5.91 Å². The van der Waals surface area contributed by atoms with Gasteiger partial charge in [-0.1, -0.05) is 30.3 Å². The number of morpholine rings is 1. The van der Waals surface area contributed by atoms with E-state index in [1.165, 1.54) is 33.5 Å². The molecule has 202 valence electrons. The molecule has 3 rings (SSSR count). The number of rotatable bonds is 13. The van der Waals surface area contributed by atoms with Crippen molar-refractivity contribution >= 4 is 21.8 Å². The SMILES string of the molecule is COCCCNC(=O)C(C)N(Cc1ccccc1)C(=O)COc1ccc(S(=O)(=O)N2CCOCC2)cc1. The van der Waals surface area contributed by atoms with Crippen LogP contribution in [0, 0.1) is 0 Å². The van der Waals surface area contributed by atoms with E-state index in [-0.39, 0.29) is 29.9 Å². The van der Waals surface area contributed by atoms with E-state index >= 15 is 0 Å². The Hall–Kier alpha value is -2.99. The summed E-state index contributed by atoms with van der Waals surface area (Å²) in [6.45, 7) is 3.95. The Bertz CT molecular complexity index is 1100. The summed E-state index contributed by atoms with van der Waals surface area (Å²) in [5.41, 5.74) is 0.882. The largest absolute Gasteiger partial charge is 0.484 e. The fourth-order valence-electron chi connectivity index (χ4n) is 3.81. The Labute approximate surface area is 218 Å². The van der Waals surface area contributed by atoms with Crippen molar-refractivity contribution in [3.8, 4) is 5.75 Å². The fraction of sp³-hybridized carbons (Fsp3) is 0.462. The highest BCUT2D eigenvalue weighted by Crippen LogP contribution is 2.21. The zero-order valence-corrected chi connectivity index (χ0v) is 22.1. The van der Waals surface area contributed by atoms with E-state index in [4.69, 9.17) is 14.2 Å². The number of benzene rings is 2. The maximum Gasteiger partial charge on any atom is 0.261 e. The van der Waals surface area contributed by atoms with Crippen LogP contribution in [0.4, 0.5) is 0 Å². The third kappa shape index (κ3) is 8.26. The number of carbonyl (C=O) groups is 2. The number of ether oxygens (including phenoxy) is 3. The second-order valence-electron chi connectivity index (χ2n) is 8.60. The molecule has 2 aromatic rings. The summed E-state index contributed by atoms with van der Waals surface area (Å²) in [5, 5.41) is 2.84. The lowest BCUT2D eigenvalue weighted by molar-refractivity contribution is -0.142. The molecule has 0 aromatic heterocycles. The Morgan fingerprint density at radius 3 is 2.41 bits per heavy atom. The molecule has 1 saturated heterocycles. The number of sulfonamides is 1. The molecule has 0 radical (unpaired) electrons. The van der Waals surface area contributed by atoms with Crippen LogP contribution in [0.15, 0.2) is 59.5 Å². The molecule has 1 atom stereocenters. The van der Waals surface area contributed by atoms with Crippen molar-refractivity contribution in [1.82, 2.24) is 14.5 Å². The summed E-state index contributed by atoms with van der Waals surface area (Å²) in [6, 6.07) is 14.6. The second kappa shape index (κ2) is 14.1. The molecule has 0 spiro atoms. The topological polar surface area (TPSA) is 114 Å². The quantitative estimate of drug-likeness (QED) is 0.390. The lowest BCUT2D eigenvalue weighted by Crippen LogP contribution is -2.49. The maximum atomic E-state index is 13.2. The van der Waals surface area contributed by atoms with Crippen molar-refractivity contribution in [2.45, 2.75) is 30.8 Å². The molecule has 37 heavy (non-hydrogen) atoms. The van der Waals surface area contributed by atoms with Gasteiger partial charge in [0, 0.05) is 39.9 Å². The highest BCUT2D eigenvalue weighted by Gasteiger charge is 2.28. The third-order valence-corrected chi connectivity index (χ3v) is 7.89. The van der Waals surface area contributed by atoms with E-state index in [0.29, 0.717) is 51.6 Å². The van der Waals surface area contributed by atoms with E-state index in [1.54, 1.807) is 14.0 Å². The molecule has 0 saturated carbocycles. The monoisotopic (exact) mass is 533 g/mol. The van der Waals surface area contributed by atoms with Crippen LogP contribution in [-0.4, -0.2) is 88.7 Å². The predicted molar refractivity (Wildman–Crippen MR) is 137 cm³/mol. The minimum absolute atomic E-state index is 0.151. The number of hydrogen-bond acceptors (Lipinski definition) is 7. The maximum absolute atomic E-state index is 13.2. The Morgan fingerprint density at radius 1 is 1.08 bits per heavy atom. The number of carbonyl (C=O) groups excluding carboxylic acids is 2. The lowest BCUT2D eigenvalue weighted by atomic mass is 10.1. The lowest BCUT2D eigenvalue weighted by Gasteiger charge is -2.29. The summed E-state index contributed by atoms with van der Waals surface area (Å²) >= 11 is 0. The summed E-state index contributed by atoms with van der Waals surface area (Å²) in [7, 11) is -2.02. The van der Waals surface area contributed by atoms with Gasteiger partial charge >= 0.3 is 0 Å². The van der Waals surface area contributed by atoms with Gasteiger partial charge in [-0.2, -0.15) is 4.31 Å². The predicted octanol–water partition coefficient (Wildman–Crippen LogP) is 1.66. The number of nitrogens with zero attached hydrogens (tertiary/aromatic N) is 2.